The number of benzene rings is 1. The van der Waals surface area contributed by atoms with Crippen LogP contribution in [0.4, 0.5) is 11.5 Å². The van der Waals surface area contributed by atoms with Gasteiger partial charge in [0.15, 0.2) is 5.16 Å². The Hall–Kier alpha value is -2.61. The number of aromatic nitrogens is 2. The first-order valence-corrected chi connectivity index (χ1v) is 7.96. The molecule has 0 aliphatic heterocycles. The molecule has 1 aromatic carbocycles. The second-order valence-electron chi connectivity index (χ2n) is 4.35. The van der Waals surface area contributed by atoms with E-state index in [9.17, 15) is 9.59 Å². The maximum absolute atomic E-state index is 12.0. The van der Waals surface area contributed by atoms with Crippen molar-refractivity contribution in [3.63, 3.8) is 0 Å². The Morgan fingerprint density at radius 2 is 2.17 bits per heavy atom. The zero-order chi connectivity index (χ0) is 16.8. The minimum atomic E-state index is -1.04. The van der Waals surface area contributed by atoms with E-state index in [2.05, 4.69) is 15.3 Å². The summed E-state index contributed by atoms with van der Waals surface area (Å²) >= 11 is 1.33. The summed E-state index contributed by atoms with van der Waals surface area (Å²) in [4.78, 5) is 31.3. The van der Waals surface area contributed by atoms with Crippen LogP contribution in [-0.2, 0) is 4.74 Å². The minimum Gasteiger partial charge on any atom is -0.478 e. The van der Waals surface area contributed by atoms with Gasteiger partial charge in [0.25, 0.3) is 0 Å². The summed E-state index contributed by atoms with van der Waals surface area (Å²) in [6.07, 6.45) is 3.20. The number of nitrogens with zero attached hydrogens (tertiary/aromatic N) is 2. The number of carbonyl (C=O) groups is 2. The standard InChI is InChI=1S/C15H15N3O4S/c1-3-22-14(21)11-8-16-15(23-2)18-12(11)17-10-6-4-5-9(7-10)13(19)20/h4-8H,3H2,1-2H3,(H,19,20)(H,16,17,18). The number of carboxylic acid groups (broad SMARTS) is 1. The fraction of sp³-hybridized carbons (Fsp3) is 0.200. The molecule has 0 atom stereocenters. The van der Waals surface area contributed by atoms with E-state index in [1.54, 1.807) is 19.1 Å². The average Bonchev–Trinajstić information content (AvgIpc) is 2.55. The summed E-state index contributed by atoms with van der Waals surface area (Å²) in [7, 11) is 0. The summed E-state index contributed by atoms with van der Waals surface area (Å²) in [5.41, 5.74) is 0.818. The highest BCUT2D eigenvalue weighted by Gasteiger charge is 2.16. The van der Waals surface area contributed by atoms with Crippen molar-refractivity contribution in [1.29, 1.82) is 0 Å². The molecule has 0 aliphatic rings. The van der Waals surface area contributed by atoms with E-state index in [0.717, 1.165) is 0 Å². The number of anilines is 2. The molecule has 7 nitrogen and oxygen atoms in total. The molecule has 0 aliphatic carbocycles. The fourth-order valence-corrected chi connectivity index (χ4v) is 2.12. The second-order valence-corrected chi connectivity index (χ2v) is 5.12. The van der Waals surface area contributed by atoms with Crippen molar-refractivity contribution in [2.45, 2.75) is 12.1 Å². The maximum atomic E-state index is 12.0. The number of esters is 1. The molecule has 0 unspecified atom stereocenters. The van der Waals surface area contributed by atoms with Gasteiger partial charge in [-0.1, -0.05) is 17.8 Å². The monoisotopic (exact) mass is 333 g/mol. The van der Waals surface area contributed by atoms with Crippen molar-refractivity contribution in [2.24, 2.45) is 0 Å². The molecular formula is C15H15N3O4S. The Bertz CT molecular complexity index is 736. The molecular weight excluding hydrogens is 318 g/mol. The van der Waals surface area contributed by atoms with Crippen LogP contribution in [0, 0.1) is 0 Å². The van der Waals surface area contributed by atoms with Crippen LogP contribution < -0.4 is 5.32 Å². The number of nitrogens with one attached hydrogen (secondary N) is 1. The van der Waals surface area contributed by atoms with E-state index in [1.807, 2.05) is 6.26 Å². The number of hydrogen-bond acceptors (Lipinski definition) is 7. The topological polar surface area (TPSA) is 101 Å². The molecule has 1 aromatic heterocycles. The number of ether oxygens (including phenoxy) is 1. The molecule has 0 saturated heterocycles. The largest absolute Gasteiger partial charge is 0.478 e. The van der Waals surface area contributed by atoms with Crippen molar-refractivity contribution in [2.75, 3.05) is 18.2 Å². The lowest BCUT2D eigenvalue weighted by atomic mass is 10.2. The predicted molar refractivity (Wildman–Crippen MR) is 86.5 cm³/mol. The predicted octanol–water partition coefficient (Wildman–Crippen LogP) is 2.82. The van der Waals surface area contributed by atoms with Crippen molar-refractivity contribution in [3.05, 3.63) is 41.6 Å². The summed E-state index contributed by atoms with van der Waals surface area (Å²) in [6, 6.07) is 6.22. The lowest BCUT2D eigenvalue weighted by Crippen LogP contribution is -2.11. The van der Waals surface area contributed by atoms with Crippen LogP contribution in [0.1, 0.15) is 27.6 Å². The van der Waals surface area contributed by atoms with Gasteiger partial charge in [-0.3, -0.25) is 0 Å². The molecule has 2 rings (SSSR count). The SMILES string of the molecule is CCOC(=O)c1cnc(SC)nc1Nc1cccc(C(=O)O)c1. The van der Waals surface area contributed by atoms with Crippen LogP contribution in [0.2, 0.25) is 0 Å². The fourth-order valence-electron chi connectivity index (χ4n) is 1.78. The van der Waals surface area contributed by atoms with Gasteiger partial charge in [-0.15, -0.1) is 0 Å². The smallest absolute Gasteiger partial charge is 0.343 e. The van der Waals surface area contributed by atoms with E-state index < -0.39 is 11.9 Å². The van der Waals surface area contributed by atoms with Gasteiger partial charge in [0.2, 0.25) is 0 Å². The molecule has 8 heteroatoms. The third-order valence-corrected chi connectivity index (χ3v) is 3.38. The first-order valence-electron chi connectivity index (χ1n) is 6.73. The molecule has 2 N–H and O–H groups in total. The first-order chi connectivity index (χ1) is 11.0. The molecule has 0 spiro atoms. The third kappa shape index (κ3) is 4.19. The molecule has 0 amide bonds. The molecule has 23 heavy (non-hydrogen) atoms. The van der Waals surface area contributed by atoms with Gasteiger partial charge in [-0.25, -0.2) is 19.6 Å². The number of hydrogen-bond donors (Lipinski definition) is 2. The number of thioether (sulfide) groups is 1. The summed E-state index contributed by atoms with van der Waals surface area (Å²) < 4.78 is 4.98. The van der Waals surface area contributed by atoms with Crippen molar-refractivity contribution in [1.82, 2.24) is 9.97 Å². The summed E-state index contributed by atoms with van der Waals surface area (Å²) in [5.74, 6) is -1.31. The quantitative estimate of drug-likeness (QED) is 0.473. The normalized spacial score (nSPS) is 10.2. The highest BCUT2D eigenvalue weighted by molar-refractivity contribution is 7.98. The average molecular weight is 333 g/mol. The highest BCUT2D eigenvalue weighted by Crippen LogP contribution is 2.22. The van der Waals surface area contributed by atoms with Gasteiger partial charge in [0.1, 0.15) is 11.4 Å². The zero-order valence-corrected chi connectivity index (χ0v) is 13.4. The van der Waals surface area contributed by atoms with Crippen LogP contribution in [0.5, 0.6) is 0 Å². The van der Waals surface area contributed by atoms with Crippen molar-refractivity contribution < 1.29 is 19.4 Å². The van der Waals surface area contributed by atoms with E-state index in [-0.39, 0.29) is 23.6 Å². The number of carboxylic acids is 1. The maximum Gasteiger partial charge on any atom is 0.343 e. The zero-order valence-electron chi connectivity index (χ0n) is 12.6. The van der Waals surface area contributed by atoms with Gasteiger partial charge in [0.05, 0.1) is 12.2 Å². The van der Waals surface area contributed by atoms with E-state index in [4.69, 9.17) is 9.84 Å². The lowest BCUT2D eigenvalue weighted by Gasteiger charge is -2.11. The Morgan fingerprint density at radius 3 is 2.83 bits per heavy atom. The van der Waals surface area contributed by atoms with Crippen LogP contribution in [0.15, 0.2) is 35.6 Å². The lowest BCUT2D eigenvalue weighted by molar-refractivity contribution is 0.0526. The van der Waals surface area contributed by atoms with Crippen LogP contribution in [-0.4, -0.2) is 39.9 Å². The van der Waals surface area contributed by atoms with Gasteiger partial charge < -0.3 is 15.2 Å². The van der Waals surface area contributed by atoms with Crippen LogP contribution in [0.3, 0.4) is 0 Å². The Kier molecular flexibility index (Phi) is 5.53. The van der Waals surface area contributed by atoms with Crippen LogP contribution in [0.25, 0.3) is 0 Å². The van der Waals surface area contributed by atoms with E-state index in [1.165, 1.54) is 30.1 Å². The molecule has 2 aromatic rings. The molecule has 0 fully saturated rings. The molecule has 0 radical (unpaired) electrons. The van der Waals surface area contributed by atoms with Crippen molar-refractivity contribution >= 4 is 35.2 Å². The molecule has 1 heterocycles. The Balaban J connectivity index is 2.38. The van der Waals surface area contributed by atoms with Crippen molar-refractivity contribution in [3.8, 4) is 0 Å². The highest BCUT2D eigenvalue weighted by atomic mass is 32.2. The Labute approximate surface area is 137 Å². The van der Waals surface area contributed by atoms with E-state index in [0.29, 0.717) is 10.8 Å². The molecule has 0 saturated carbocycles. The van der Waals surface area contributed by atoms with Gasteiger partial charge >= 0.3 is 11.9 Å². The van der Waals surface area contributed by atoms with Gasteiger partial charge in [-0.05, 0) is 31.4 Å². The van der Waals surface area contributed by atoms with Gasteiger partial charge in [0, 0.05) is 11.9 Å². The minimum absolute atomic E-state index is 0.131. The molecule has 120 valence electrons. The Morgan fingerprint density at radius 1 is 1.39 bits per heavy atom. The number of rotatable bonds is 6. The number of carbonyl (C=O) groups excluding carboxylic acids is 1. The van der Waals surface area contributed by atoms with Crippen LogP contribution >= 0.6 is 11.8 Å². The molecule has 0 bridgehead atoms. The third-order valence-electron chi connectivity index (χ3n) is 2.82. The second kappa shape index (κ2) is 7.59. The summed E-state index contributed by atoms with van der Waals surface area (Å²) in [6.45, 7) is 1.94. The van der Waals surface area contributed by atoms with E-state index >= 15 is 0 Å². The number of aromatic carboxylic acids is 1. The van der Waals surface area contributed by atoms with Gasteiger partial charge in [-0.2, -0.15) is 0 Å². The first kappa shape index (κ1) is 16.8. The summed E-state index contributed by atoms with van der Waals surface area (Å²) in [5, 5.41) is 12.5.